The van der Waals surface area contributed by atoms with Crippen molar-refractivity contribution in [2.75, 3.05) is 7.11 Å². The molecule has 1 aliphatic carbocycles. The molecule has 0 N–H and O–H groups in total. The summed E-state index contributed by atoms with van der Waals surface area (Å²) in [7, 11) is 1.66. The predicted molar refractivity (Wildman–Crippen MR) is 88.7 cm³/mol. The summed E-state index contributed by atoms with van der Waals surface area (Å²) in [6.45, 7) is 4.16. The van der Waals surface area contributed by atoms with Crippen molar-refractivity contribution in [2.45, 2.75) is 58.0 Å². The Bertz CT molecular complexity index is 845. The molecule has 0 saturated carbocycles. The Morgan fingerprint density at radius 2 is 1.83 bits per heavy atom. The van der Waals surface area contributed by atoms with E-state index in [4.69, 9.17) is 13.9 Å². The Balaban J connectivity index is 2.07. The van der Waals surface area contributed by atoms with Crippen molar-refractivity contribution in [2.24, 2.45) is 0 Å². The summed E-state index contributed by atoms with van der Waals surface area (Å²) in [5.41, 5.74) is 3.23. The Labute approximate surface area is 135 Å². The number of rotatable bonds is 1. The summed E-state index contributed by atoms with van der Waals surface area (Å²) in [5, 5.41) is 0.976. The van der Waals surface area contributed by atoms with Gasteiger partial charge in [-0.2, -0.15) is 0 Å². The van der Waals surface area contributed by atoms with Gasteiger partial charge in [-0.15, -0.1) is 0 Å². The molecule has 1 aromatic carbocycles. The van der Waals surface area contributed by atoms with E-state index >= 15 is 0 Å². The zero-order valence-corrected chi connectivity index (χ0v) is 14.0. The molecule has 0 radical (unpaired) electrons. The van der Waals surface area contributed by atoms with Gasteiger partial charge in [0.05, 0.1) is 12.5 Å². The van der Waals surface area contributed by atoms with E-state index in [2.05, 4.69) is 13.8 Å². The first kappa shape index (κ1) is 14.6. The highest BCUT2D eigenvalue weighted by molar-refractivity contribution is 5.92. The second-order valence-electron chi connectivity index (χ2n) is 7.18. The standard InChI is InChI=1S/C19H22O4/c1-19(2)9-8-13-14(23-19)10-15(21-3)16-11-6-4-5-7-12(11)18(20)22-17(13)16/h10H,4-9H2,1-3H3. The molecule has 0 spiro atoms. The first-order chi connectivity index (χ1) is 11.0. The first-order valence-corrected chi connectivity index (χ1v) is 8.37. The van der Waals surface area contributed by atoms with E-state index in [1.165, 1.54) is 0 Å². The van der Waals surface area contributed by atoms with Crippen molar-refractivity contribution >= 4 is 11.0 Å². The van der Waals surface area contributed by atoms with Crippen LogP contribution in [0.5, 0.6) is 11.5 Å². The number of hydrogen-bond acceptors (Lipinski definition) is 4. The lowest BCUT2D eigenvalue weighted by Crippen LogP contribution is -2.32. The summed E-state index contributed by atoms with van der Waals surface area (Å²) in [6, 6.07) is 1.97. The molecule has 0 unspecified atom stereocenters. The van der Waals surface area contributed by atoms with Gasteiger partial charge in [0.2, 0.25) is 0 Å². The molecule has 0 atom stereocenters. The van der Waals surface area contributed by atoms with Crippen LogP contribution in [0.15, 0.2) is 15.3 Å². The molecule has 0 fully saturated rings. The maximum Gasteiger partial charge on any atom is 0.339 e. The van der Waals surface area contributed by atoms with E-state index in [0.29, 0.717) is 5.58 Å². The van der Waals surface area contributed by atoms with Crippen molar-refractivity contribution in [1.29, 1.82) is 0 Å². The van der Waals surface area contributed by atoms with Crippen LogP contribution in [0.3, 0.4) is 0 Å². The van der Waals surface area contributed by atoms with Crippen LogP contribution >= 0.6 is 0 Å². The number of benzene rings is 1. The monoisotopic (exact) mass is 314 g/mol. The third-order valence-corrected chi connectivity index (χ3v) is 5.10. The van der Waals surface area contributed by atoms with Crippen molar-refractivity contribution in [3.63, 3.8) is 0 Å². The molecule has 122 valence electrons. The summed E-state index contributed by atoms with van der Waals surface area (Å²) in [4.78, 5) is 12.4. The molecule has 2 aromatic rings. The molecule has 0 bridgehead atoms. The molecule has 2 aliphatic rings. The van der Waals surface area contributed by atoms with Crippen LogP contribution in [-0.2, 0) is 19.3 Å². The normalized spacial score (nSPS) is 18.9. The second kappa shape index (κ2) is 5.02. The minimum absolute atomic E-state index is 0.188. The Hall–Kier alpha value is -1.97. The van der Waals surface area contributed by atoms with Gasteiger partial charge in [0.15, 0.2) is 0 Å². The maximum absolute atomic E-state index is 12.4. The highest BCUT2D eigenvalue weighted by Gasteiger charge is 2.31. The number of ether oxygens (including phenoxy) is 2. The van der Waals surface area contributed by atoms with Crippen LogP contribution in [0.1, 0.15) is 49.8 Å². The van der Waals surface area contributed by atoms with E-state index in [9.17, 15) is 4.79 Å². The fourth-order valence-corrected chi connectivity index (χ4v) is 3.88. The number of aryl methyl sites for hydroxylation is 2. The zero-order chi connectivity index (χ0) is 16.2. The minimum atomic E-state index is -0.208. The molecule has 1 aromatic heterocycles. The summed E-state index contributed by atoms with van der Waals surface area (Å²) in [6.07, 6.45) is 5.63. The SMILES string of the molecule is COc1cc2c(c3oc(=O)c4c(c13)CCCC4)CCC(C)(C)O2. The largest absolute Gasteiger partial charge is 0.496 e. The Kier molecular flexibility index (Phi) is 3.19. The summed E-state index contributed by atoms with van der Waals surface area (Å²) in [5.74, 6) is 1.53. The lowest BCUT2D eigenvalue weighted by molar-refractivity contribution is 0.0845. The maximum atomic E-state index is 12.4. The van der Waals surface area contributed by atoms with E-state index < -0.39 is 0 Å². The zero-order valence-electron chi connectivity index (χ0n) is 14.0. The average Bonchev–Trinajstić information content (AvgIpc) is 2.53. The molecular formula is C19H22O4. The van der Waals surface area contributed by atoms with Crippen LogP contribution < -0.4 is 15.1 Å². The smallest absolute Gasteiger partial charge is 0.339 e. The van der Waals surface area contributed by atoms with E-state index in [0.717, 1.165) is 72.1 Å². The lowest BCUT2D eigenvalue weighted by Gasteiger charge is -2.33. The van der Waals surface area contributed by atoms with Gasteiger partial charge in [0, 0.05) is 17.2 Å². The molecule has 23 heavy (non-hydrogen) atoms. The molecule has 0 saturated heterocycles. The van der Waals surface area contributed by atoms with Gasteiger partial charge < -0.3 is 13.9 Å². The van der Waals surface area contributed by atoms with E-state index in [1.54, 1.807) is 7.11 Å². The highest BCUT2D eigenvalue weighted by atomic mass is 16.5. The molecule has 1 aliphatic heterocycles. The second-order valence-corrected chi connectivity index (χ2v) is 7.18. The van der Waals surface area contributed by atoms with Crippen molar-refractivity contribution in [3.8, 4) is 11.5 Å². The van der Waals surface area contributed by atoms with Gasteiger partial charge >= 0.3 is 5.63 Å². The quantitative estimate of drug-likeness (QED) is 0.752. The fourth-order valence-electron chi connectivity index (χ4n) is 3.88. The predicted octanol–water partition coefficient (Wildman–Crippen LogP) is 3.78. The molecule has 4 heteroatoms. The van der Waals surface area contributed by atoms with Crippen LogP contribution in [0.2, 0.25) is 0 Å². The summed E-state index contributed by atoms with van der Waals surface area (Å²) >= 11 is 0. The molecule has 4 rings (SSSR count). The van der Waals surface area contributed by atoms with Gasteiger partial charge in [-0.25, -0.2) is 4.79 Å². The van der Waals surface area contributed by atoms with E-state index in [1.807, 2.05) is 6.07 Å². The van der Waals surface area contributed by atoms with Crippen LogP contribution in [0, 0.1) is 0 Å². The third-order valence-electron chi connectivity index (χ3n) is 5.10. The van der Waals surface area contributed by atoms with Gasteiger partial charge in [-0.05, 0) is 57.9 Å². The van der Waals surface area contributed by atoms with E-state index in [-0.39, 0.29) is 11.2 Å². The Morgan fingerprint density at radius 1 is 1.09 bits per heavy atom. The number of fused-ring (bicyclic) bond motifs is 5. The number of hydrogen-bond donors (Lipinski definition) is 0. The van der Waals surface area contributed by atoms with Crippen LogP contribution in [0.4, 0.5) is 0 Å². The molecular weight excluding hydrogens is 292 g/mol. The molecule has 4 nitrogen and oxygen atoms in total. The average molecular weight is 314 g/mol. The Morgan fingerprint density at radius 3 is 2.57 bits per heavy atom. The van der Waals surface area contributed by atoms with Gasteiger partial charge in [0.1, 0.15) is 22.7 Å². The number of methoxy groups -OCH3 is 1. The van der Waals surface area contributed by atoms with Crippen molar-refractivity contribution in [1.82, 2.24) is 0 Å². The van der Waals surface area contributed by atoms with Crippen molar-refractivity contribution in [3.05, 3.63) is 33.2 Å². The minimum Gasteiger partial charge on any atom is -0.496 e. The topological polar surface area (TPSA) is 48.7 Å². The van der Waals surface area contributed by atoms with Crippen LogP contribution in [0.25, 0.3) is 11.0 Å². The van der Waals surface area contributed by atoms with Gasteiger partial charge in [0.25, 0.3) is 0 Å². The lowest BCUT2D eigenvalue weighted by atomic mass is 9.87. The first-order valence-electron chi connectivity index (χ1n) is 8.37. The van der Waals surface area contributed by atoms with Crippen LogP contribution in [-0.4, -0.2) is 12.7 Å². The van der Waals surface area contributed by atoms with Gasteiger partial charge in [-0.3, -0.25) is 0 Å². The molecule has 2 heterocycles. The van der Waals surface area contributed by atoms with Gasteiger partial charge in [-0.1, -0.05) is 0 Å². The summed E-state index contributed by atoms with van der Waals surface area (Å²) < 4.78 is 17.5. The van der Waals surface area contributed by atoms with Crippen molar-refractivity contribution < 1.29 is 13.9 Å². The third kappa shape index (κ3) is 2.23. The molecule has 0 amide bonds. The highest BCUT2D eigenvalue weighted by Crippen LogP contribution is 2.44. The fraction of sp³-hybridized carbons (Fsp3) is 0.526.